The summed E-state index contributed by atoms with van der Waals surface area (Å²) in [6.45, 7) is 12.9. The first-order chi connectivity index (χ1) is 7.69. The van der Waals surface area contributed by atoms with Crippen molar-refractivity contribution in [1.29, 1.82) is 0 Å². The van der Waals surface area contributed by atoms with Crippen molar-refractivity contribution in [3.8, 4) is 0 Å². The van der Waals surface area contributed by atoms with Crippen molar-refractivity contribution in [3.63, 3.8) is 0 Å². The van der Waals surface area contributed by atoms with Crippen molar-refractivity contribution in [2.75, 3.05) is 0 Å². The molecule has 1 rings (SSSR count). The Labute approximate surface area is 105 Å². The van der Waals surface area contributed by atoms with Gasteiger partial charge in [0, 0.05) is 5.41 Å². The van der Waals surface area contributed by atoms with Crippen molar-refractivity contribution in [1.82, 2.24) is 5.32 Å². The Kier molecular flexibility index (Phi) is 3.85. The average Bonchev–Trinajstić information content (AvgIpc) is 2.21. The zero-order valence-electron chi connectivity index (χ0n) is 11.9. The van der Waals surface area contributed by atoms with Crippen LogP contribution in [-0.4, -0.2) is 11.4 Å². The van der Waals surface area contributed by atoms with E-state index in [4.69, 9.17) is 0 Å². The normalized spacial score (nSPS) is 35.6. The second-order valence-corrected chi connectivity index (χ2v) is 6.11. The first-order valence-corrected chi connectivity index (χ1v) is 6.41. The highest BCUT2D eigenvalue weighted by Gasteiger charge is 2.31. The molecule has 17 heavy (non-hydrogen) atoms. The molecular formula is C15H25NO. The van der Waals surface area contributed by atoms with Crippen LogP contribution in [0.2, 0.25) is 0 Å². The fourth-order valence-electron chi connectivity index (χ4n) is 1.73. The van der Waals surface area contributed by atoms with Crippen LogP contribution in [0.4, 0.5) is 0 Å². The lowest BCUT2D eigenvalue weighted by Crippen LogP contribution is -2.48. The van der Waals surface area contributed by atoms with Crippen molar-refractivity contribution < 1.29 is 4.79 Å². The molecule has 0 aliphatic carbocycles. The standard InChI is InChI=1S/C15H25NO/c1-11(2)14(5)8-7-13(17)16-15(6,10-9-14)12(3)4/h7-12H,1-6H3,(H,16,17)/b8-7-,10-9?. The Morgan fingerprint density at radius 1 is 1.00 bits per heavy atom. The summed E-state index contributed by atoms with van der Waals surface area (Å²) in [7, 11) is 0. The Morgan fingerprint density at radius 2 is 1.59 bits per heavy atom. The third kappa shape index (κ3) is 2.99. The van der Waals surface area contributed by atoms with E-state index in [1.54, 1.807) is 6.08 Å². The maximum atomic E-state index is 11.8. The molecule has 0 saturated heterocycles. The first-order valence-electron chi connectivity index (χ1n) is 6.41. The van der Waals surface area contributed by atoms with Gasteiger partial charge < -0.3 is 5.32 Å². The number of rotatable bonds is 2. The average molecular weight is 235 g/mol. The molecule has 0 saturated carbocycles. The molecule has 1 amide bonds. The van der Waals surface area contributed by atoms with Crippen LogP contribution in [0.25, 0.3) is 0 Å². The van der Waals surface area contributed by atoms with Crippen molar-refractivity contribution in [2.24, 2.45) is 17.3 Å². The van der Waals surface area contributed by atoms with Crippen LogP contribution in [0.1, 0.15) is 41.5 Å². The van der Waals surface area contributed by atoms with Crippen molar-refractivity contribution in [3.05, 3.63) is 24.3 Å². The molecule has 0 aromatic carbocycles. The van der Waals surface area contributed by atoms with Gasteiger partial charge in [0.05, 0.1) is 5.54 Å². The lowest BCUT2D eigenvalue weighted by molar-refractivity contribution is -0.118. The number of carbonyl (C=O) groups is 1. The molecule has 0 bridgehead atoms. The quantitative estimate of drug-likeness (QED) is 0.731. The van der Waals surface area contributed by atoms with Gasteiger partial charge in [-0.2, -0.15) is 0 Å². The summed E-state index contributed by atoms with van der Waals surface area (Å²) in [6, 6.07) is 0. The van der Waals surface area contributed by atoms with Gasteiger partial charge in [-0.05, 0) is 24.8 Å². The molecule has 1 aliphatic heterocycles. The highest BCUT2D eigenvalue weighted by Crippen LogP contribution is 2.33. The second kappa shape index (κ2) is 4.67. The summed E-state index contributed by atoms with van der Waals surface area (Å²) < 4.78 is 0. The molecule has 2 unspecified atom stereocenters. The van der Waals surface area contributed by atoms with Gasteiger partial charge >= 0.3 is 0 Å². The zero-order valence-corrected chi connectivity index (χ0v) is 11.9. The van der Waals surface area contributed by atoms with Gasteiger partial charge in [-0.3, -0.25) is 4.79 Å². The van der Waals surface area contributed by atoms with Gasteiger partial charge in [-0.25, -0.2) is 0 Å². The SMILES string of the molecule is CC(C)C1(C)C=CC(C)(C(C)C)NC(=O)/C=C\1. The predicted molar refractivity (Wildman–Crippen MR) is 72.6 cm³/mol. The van der Waals surface area contributed by atoms with Crippen LogP contribution in [0.15, 0.2) is 24.3 Å². The zero-order chi connectivity index (χ0) is 13.3. The second-order valence-electron chi connectivity index (χ2n) is 6.11. The third-order valence-electron chi connectivity index (χ3n) is 4.22. The Hall–Kier alpha value is -1.05. The van der Waals surface area contributed by atoms with E-state index >= 15 is 0 Å². The summed E-state index contributed by atoms with van der Waals surface area (Å²) in [5, 5.41) is 3.06. The molecule has 2 heteroatoms. The minimum Gasteiger partial charge on any atom is -0.344 e. The number of hydrogen-bond acceptors (Lipinski definition) is 1. The lowest BCUT2D eigenvalue weighted by Gasteiger charge is -2.36. The van der Waals surface area contributed by atoms with E-state index in [9.17, 15) is 4.79 Å². The fraction of sp³-hybridized carbons (Fsp3) is 0.667. The van der Waals surface area contributed by atoms with Crippen molar-refractivity contribution >= 4 is 5.91 Å². The molecule has 2 atom stereocenters. The Bertz CT molecular complexity index is 354. The van der Waals surface area contributed by atoms with Crippen LogP contribution in [0.3, 0.4) is 0 Å². The smallest absolute Gasteiger partial charge is 0.244 e. The summed E-state index contributed by atoms with van der Waals surface area (Å²) in [5.74, 6) is 0.834. The number of allylic oxidation sites excluding steroid dienone is 2. The molecule has 0 aromatic rings. The van der Waals surface area contributed by atoms with Crippen LogP contribution >= 0.6 is 0 Å². The van der Waals surface area contributed by atoms with Gasteiger partial charge in [0.25, 0.3) is 0 Å². The van der Waals surface area contributed by atoms with E-state index in [0.717, 1.165) is 0 Å². The maximum absolute atomic E-state index is 11.8. The lowest BCUT2D eigenvalue weighted by atomic mass is 9.75. The first kappa shape index (κ1) is 14.0. The number of hydrogen-bond donors (Lipinski definition) is 1. The molecule has 1 heterocycles. The Balaban J connectivity index is 3.15. The summed E-state index contributed by atoms with van der Waals surface area (Å²) in [5.41, 5.74) is -0.314. The predicted octanol–water partition coefficient (Wildman–Crippen LogP) is 3.31. The molecule has 0 fully saturated rings. The van der Waals surface area contributed by atoms with Crippen LogP contribution in [0.5, 0.6) is 0 Å². The molecule has 0 aromatic heterocycles. The molecule has 96 valence electrons. The third-order valence-corrected chi connectivity index (χ3v) is 4.22. The van der Waals surface area contributed by atoms with E-state index in [-0.39, 0.29) is 16.9 Å². The summed E-state index contributed by atoms with van der Waals surface area (Å²) >= 11 is 0. The van der Waals surface area contributed by atoms with Gasteiger partial charge in [0.15, 0.2) is 0 Å². The van der Waals surface area contributed by atoms with E-state index in [1.165, 1.54) is 0 Å². The molecule has 1 aliphatic rings. The van der Waals surface area contributed by atoms with Gasteiger partial charge in [-0.15, -0.1) is 0 Å². The van der Waals surface area contributed by atoms with Crippen LogP contribution in [-0.2, 0) is 4.79 Å². The van der Waals surface area contributed by atoms with Gasteiger partial charge in [-0.1, -0.05) is 52.8 Å². The molecular weight excluding hydrogens is 210 g/mol. The number of amides is 1. The van der Waals surface area contributed by atoms with Crippen molar-refractivity contribution in [2.45, 2.75) is 47.1 Å². The maximum Gasteiger partial charge on any atom is 0.244 e. The van der Waals surface area contributed by atoms with E-state index in [0.29, 0.717) is 11.8 Å². The monoisotopic (exact) mass is 235 g/mol. The topological polar surface area (TPSA) is 29.1 Å². The minimum atomic E-state index is -0.266. The van der Waals surface area contributed by atoms with Gasteiger partial charge in [0.2, 0.25) is 5.91 Å². The molecule has 2 nitrogen and oxygen atoms in total. The fourth-order valence-corrected chi connectivity index (χ4v) is 1.73. The number of nitrogens with one attached hydrogen (secondary N) is 1. The molecule has 0 spiro atoms. The molecule has 0 radical (unpaired) electrons. The van der Waals surface area contributed by atoms with Crippen LogP contribution < -0.4 is 5.32 Å². The summed E-state index contributed by atoms with van der Waals surface area (Å²) in [6.07, 6.45) is 8.06. The summed E-state index contributed by atoms with van der Waals surface area (Å²) in [4.78, 5) is 11.8. The van der Waals surface area contributed by atoms with Crippen LogP contribution in [0, 0.1) is 17.3 Å². The highest BCUT2D eigenvalue weighted by atomic mass is 16.1. The Morgan fingerprint density at radius 3 is 2.06 bits per heavy atom. The van der Waals surface area contributed by atoms with E-state index in [2.05, 4.69) is 59.0 Å². The largest absolute Gasteiger partial charge is 0.344 e. The minimum absolute atomic E-state index is 0.00238. The van der Waals surface area contributed by atoms with E-state index in [1.807, 2.05) is 6.08 Å². The molecule has 1 N–H and O–H groups in total. The number of carbonyl (C=O) groups excluding carboxylic acids is 1. The van der Waals surface area contributed by atoms with Gasteiger partial charge in [0.1, 0.15) is 0 Å². The highest BCUT2D eigenvalue weighted by molar-refractivity contribution is 5.88. The van der Waals surface area contributed by atoms with E-state index < -0.39 is 0 Å².